The van der Waals surface area contributed by atoms with Gasteiger partial charge in [0, 0.05) is 19.6 Å². The van der Waals surface area contributed by atoms with Crippen molar-refractivity contribution in [2.45, 2.75) is 39.2 Å². The van der Waals surface area contributed by atoms with Crippen LogP contribution in [0.15, 0.2) is 0 Å². The third kappa shape index (κ3) is 6.77. The second-order valence-corrected chi connectivity index (χ2v) is 7.89. The molecule has 0 aliphatic carbocycles. The van der Waals surface area contributed by atoms with E-state index < -0.39 is 15.6 Å². The van der Waals surface area contributed by atoms with Crippen LogP contribution >= 0.6 is 0 Å². The second-order valence-electron chi connectivity index (χ2n) is 6.06. The predicted octanol–water partition coefficient (Wildman–Crippen LogP) is 1.18. The Bertz CT molecular complexity index is 414. The van der Waals surface area contributed by atoms with Crippen molar-refractivity contribution in [3.63, 3.8) is 0 Å². The van der Waals surface area contributed by atoms with E-state index in [1.165, 1.54) is 0 Å². The van der Waals surface area contributed by atoms with E-state index in [2.05, 4.69) is 4.72 Å². The number of hydrogen-bond acceptors (Lipinski definition) is 4. The highest BCUT2D eigenvalue weighted by molar-refractivity contribution is 7.88. The van der Waals surface area contributed by atoms with Gasteiger partial charge in [0.2, 0.25) is 10.0 Å². The topological polar surface area (TPSA) is 75.7 Å². The summed E-state index contributed by atoms with van der Waals surface area (Å²) in [6.45, 7) is 7.08. The number of likely N-dealkylation sites (tertiary alicyclic amines) is 1. The van der Waals surface area contributed by atoms with Gasteiger partial charge in [-0.05, 0) is 39.5 Å². The van der Waals surface area contributed by atoms with Crippen molar-refractivity contribution in [1.29, 1.82) is 0 Å². The van der Waals surface area contributed by atoms with Gasteiger partial charge in [-0.15, -0.1) is 0 Å². The molecular weight excluding hydrogens is 268 g/mol. The fourth-order valence-electron chi connectivity index (χ4n) is 1.99. The summed E-state index contributed by atoms with van der Waals surface area (Å²) < 4.78 is 29.9. The average molecular weight is 292 g/mol. The van der Waals surface area contributed by atoms with Crippen LogP contribution in [0.2, 0.25) is 0 Å². The molecule has 6 nitrogen and oxygen atoms in total. The highest BCUT2D eigenvalue weighted by atomic mass is 32.2. The molecule has 1 amide bonds. The van der Waals surface area contributed by atoms with E-state index in [-0.39, 0.29) is 12.0 Å². The first-order valence-corrected chi connectivity index (χ1v) is 8.38. The normalized spacial score (nSPS) is 21.3. The Morgan fingerprint density at radius 2 is 2.05 bits per heavy atom. The van der Waals surface area contributed by atoms with Crippen LogP contribution in [0.1, 0.15) is 33.6 Å². The standard InChI is InChI=1S/C12H24N2O4S/c1-12(2,3)18-11(15)14-7-5-6-10(9-14)8-13-19(4,16)17/h10,13H,5-9H2,1-4H3/t10-/m1/s1. The van der Waals surface area contributed by atoms with E-state index >= 15 is 0 Å². The van der Waals surface area contributed by atoms with E-state index in [4.69, 9.17) is 4.74 Å². The van der Waals surface area contributed by atoms with Crippen LogP contribution in [0, 0.1) is 5.92 Å². The minimum absolute atomic E-state index is 0.149. The summed E-state index contributed by atoms with van der Waals surface area (Å²) in [6.07, 6.45) is 2.61. The van der Waals surface area contributed by atoms with Crippen molar-refractivity contribution in [3.05, 3.63) is 0 Å². The molecule has 1 rings (SSSR count). The molecule has 1 saturated heterocycles. The highest BCUT2D eigenvalue weighted by Gasteiger charge is 2.27. The number of amides is 1. The van der Waals surface area contributed by atoms with Crippen molar-refractivity contribution in [3.8, 4) is 0 Å². The molecule has 0 spiro atoms. The smallest absolute Gasteiger partial charge is 0.410 e. The zero-order valence-corrected chi connectivity index (χ0v) is 12.9. The monoisotopic (exact) mass is 292 g/mol. The number of ether oxygens (including phenoxy) is 1. The van der Waals surface area contributed by atoms with Gasteiger partial charge in [0.25, 0.3) is 0 Å². The second kappa shape index (κ2) is 6.09. The first kappa shape index (κ1) is 16.2. The summed E-state index contributed by atoms with van der Waals surface area (Å²) >= 11 is 0. The Morgan fingerprint density at radius 1 is 1.42 bits per heavy atom. The molecule has 1 aliphatic heterocycles. The Balaban J connectivity index is 2.48. The molecule has 0 saturated carbocycles. The molecule has 1 atom stereocenters. The fourth-order valence-corrected chi connectivity index (χ4v) is 2.53. The van der Waals surface area contributed by atoms with E-state index in [0.717, 1.165) is 19.1 Å². The average Bonchev–Trinajstić information content (AvgIpc) is 2.23. The molecule has 0 bridgehead atoms. The summed E-state index contributed by atoms with van der Waals surface area (Å²) in [6, 6.07) is 0. The van der Waals surface area contributed by atoms with Gasteiger partial charge < -0.3 is 9.64 Å². The maximum atomic E-state index is 11.9. The quantitative estimate of drug-likeness (QED) is 0.847. The van der Waals surface area contributed by atoms with E-state index in [0.29, 0.717) is 19.6 Å². The van der Waals surface area contributed by atoms with Gasteiger partial charge in [0.1, 0.15) is 5.60 Å². The summed E-state index contributed by atoms with van der Waals surface area (Å²) in [5.74, 6) is 0.149. The molecule has 112 valence electrons. The number of nitrogens with one attached hydrogen (secondary N) is 1. The maximum absolute atomic E-state index is 11.9. The van der Waals surface area contributed by atoms with Crippen molar-refractivity contribution in [2.75, 3.05) is 25.9 Å². The highest BCUT2D eigenvalue weighted by Crippen LogP contribution is 2.18. The lowest BCUT2D eigenvalue weighted by molar-refractivity contribution is 0.0169. The predicted molar refractivity (Wildman–Crippen MR) is 73.4 cm³/mol. The Labute approximate surface area is 115 Å². The lowest BCUT2D eigenvalue weighted by Gasteiger charge is -2.34. The molecular formula is C12H24N2O4S. The minimum Gasteiger partial charge on any atom is -0.444 e. The number of hydrogen-bond donors (Lipinski definition) is 1. The van der Waals surface area contributed by atoms with E-state index in [1.54, 1.807) is 4.90 Å². The summed E-state index contributed by atoms with van der Waals surface area (Å²) in [4.78, 5) is 13.6. The number of carbonyl (C=O) groups excluding carboxylic acids is 1. The van der Waals surface area contributed by atoms with Gasteiger partial charge in [-0.3, -0.25) is 0 Å². The number of carbonyl (C=O) groups is 1. The van der Waals surface area contributed by atoms with Crippen LogP contribution in [0.4, 0.5) is 4.79 Å². The molecule has 1 heterocycles. The molecule has 0 unspecified atom stereocenters. The van der Waals surface area contributed by atoms with Crippen molar-refractivity contribution in [2.24, 2.45) is 5.92 Å². The first-order chi connectivity index (χ1) is 8.57. The maximum Gasteiger partial charge on any atom is 0.410 e. The summed E-state index contributed by atoms with van der Waals surface area (Å²) in [5.41, 5.74) is -0.505. The molecule has 0 aromatic carbocycles. The Kier molecular flexibility index (Phi) is 5.20. The molecule has 19 heavy (non-hydrogen) atoms. The van der Waals surface area contributed by atoms with Crippen molar-refractivity contribution in [1.82, 2.24) is 9.62 Å². The van der Waals surface area contributed by atoms with Gasteiger partial charge in [-0.2, -0.15) is 0 Å². The van der Waals surface area contributed by atoms with Crippen LogP contribution in [0.5, 0.6) is 0 Å². The molecule has 0 radical (unpaired) electrons. The lowest BCUT2D eigenvalue weighted by atomic mass is 9.99. The van der Waals surface area contributed by atoms with Crippen LogP contribution in [0.3, 0.4) is 0 Å². The molecule has 1 fully saturated rings. The van der Waals surface area contributed by atoms with Gasteiger partial charge in [-0.1, -0.05) is 0 Å². The van der Waals surface area contributed by atoms with Crippen molar-refractivity contribution >= 4 is 16.1 Å². The molecule has 0 aromatic rings. The van der Waals surface area contributed by atoms with E-state index in [9.17, 15) is 13.2 Å². The zero-order valence-electron chi connectivity index (χ0n) is 12.1. The minimum atomic E-state index is -3.17. The lowest BCUT2D eigenvalue weighted by Crippen LogP contribution is -2.45. The largest absolute Gasteiger partial charge is 0.444 e. The van der Waals surface area contributed by atoms with Crippen molar-refractivity contribution < 1.29 is 17.9 Å². The number of sulfonamides is 1. The van der Waals surface area contributed by atoms with Gasteiger partial charge >= 0.3 is 6.09 Å². The number of nitrogens with zero attached hydrogens (tertiary/aromatic N) is 1. The third-order valence-corrected chi connectivity index (χ3v) is 3.50. The van der Waals surface area contributed by atoms with Gasteiger partial charge in [0.15, 0.2) is 0 Å². The molecule has 0 aromatic heterocycles. The SMILES string of the molecule is CC(C)(C)OC(=O)N1CCC[C@H](CNS(C)(=O)=O)C1. The molecule has 7 heteroatoms. The Hall–Kier alpha value is -0.820. The third-order valence-electron chi connectivity index (χ3n) is 2.80. The van der Waals surface area contributed by atoms with Crippen LogP contribution in [-0.4, -0.2) is 50.9 Å². The van der Waals surface area contributed by atoms with Gasteiger partial charge in [-0.25, -0.2) is 17.9 Å². The molecule has 1 aliphatic rings. The number of piperidine rings is 1. The summed E-state index contributed by atoms with van der Waals surface area (Å²) in [7, 11) is -3.17. The van der Waals surface area contributed by atoms with E-state index in [1.807, 2.05) is 20.8 Å². The summed E-state index contributed by atoms with van der Waals surface area (Å²) in [5, 5.41) is 0. The van der Waals surface area contributed by atoms with Crippen LogP contribution in [0.25, 0.3) is 0 Å². The first-order valence-electron chi connectivity index (χ1n) is 6.49. The number of rotatable bonds is 3. The fraction of sp³-hybridized carbons (Fsp3) is 0.917. The van der Waals surface area contributed by atoms with Gasteiger partial charge in [0.05, 0.1) is 6.26 Å². The molecule has 1 N–H and O–H groups in total. The van der Waals surface area contributed by atoms with Crippen LogP contribution < -0.4 is 4.72 Å². The zero-order chi connectivity index (χ0) is 14.7. The Morgan fingerprint density at radius 3 is 2.58 bits per heavy atom. The van der Waals surface area contributed by atoms with Crippen LogP contribution in [-0.2, 0) is 14.8 Å².